The fourth-order valence-electron chi connectivity index (χ4n) is 1.80. The zero-order valence-electron chi connectivity index (χ0n) is 12.1. The summed E-state index contributed by atoms with van der Waals surface area (Å²) in [5.74, 6) is 0.502. The second kappa shape index (κ2) is 5.68. The molecule has 0 saturated carbocycles. The van der Waals surface area contributed by atoms with Gasteiger partial charge in [0.05, 0.1) is 11.2 Å². The van der Waals surface area contributed by atoms with Gasteiger partial charge in [0.1, 0.15) is 11.5 Å². The van der Waals surface area contributed by atoms with Crippen LogP contribution in [0.4, 0.5) is 0 Å². The standard InChI is InChI=1S/C13H18BClN2O2S/c1-12(2)13(3,4)19-14(18-12)10(7-20)5-9-6-16-8-17-11(9)15/h5-6,8,20H,7H2,1-4H3. The van der Waals surface area contributed by atoms with Crippen molar-refractivity contribution in [3.63, 3.8) is 0 Å². The van der Waals surface area contributed by atoms with Gasteiger partial charge in [-0.1, -0.05) is 17.7 Å². The minimum absolute atomic E-state index is 0.378. The number of hydrogen-bond acceptors (Lipinski definition) is 5. The molecule has 0 aromatic carbocycles. The van der Waals surface area contributed by atoms with Gasteiger partial charge in [0, 0.05) is 17.5 Å². The number of rotatable bonds is 3. The van der Waals surface area contributed by atoms with E-state index < -0.39 is 7.12 Å². The monoisotopic (exact) mass is 312 g/mol. The van der Waals surface area contributed by atoms with Crippen LogP contribution in [0.15, 0.2) is 18.0 Å². The highest BCUT2D eigenvalue weighted by molar-refractivity contribution is 7.80. The Bertz CT molecular complexity index is 521. The number of aromatic nitrogens is 2. The molecule has 108 valence electrons. The predicted molar refractivity (Wildman–Crippen MR) is 85.0 cm³/mol. The van der Waals surface area contributed by atoms with E-state index in [9.17, 15) is 0 Å². The molecular weight excluding hydrogens is 294 g/mol. The van der Waals surface area contributed by atoms with Gasteiger partial charge in [-0.3, -0.25) is 0 Å². The van der Waals surface area contributed by atoms with Crippen LogP contribution in [-0.4, -0.2) is 34.0 Å². The summed E-state index contributed by atoms with van der Waals surface area (Å²) in [6.45, 7) is 8.06. The molecule has 0 N–H and O–H groups in total. The van der Waals surface area contributed by atoms with Crippen molar-refractivity contribution in [3.8, 4) is 0 Å². The molecule has 1 aliphatic rings. The van der Waals surface area contributed by atoms with Crippen LogP contribution in [0.25, 0.3) is 6.08 Å². The molecule has 1 saturated heterocycles. The quantitative estimate of drug-likeness (QED) is 0.529. The zero-order valence-corrected chi connectivity index (χ0v) is 13.7. The third-order valence-corrected chi connectivity index (χ3v) is 4.45. The Kier molecular flexibility index (Phi) is 4.49. The van der Waals surface area contributed by atoms with Gasteiger partial charge in [-0.15, -0.1) is 0 Å². The van der Waals surface area contributed by atoms with Crippen molar-refractivity contribution in [1.82, 2.24) is 9.97 Å². The third-order valence-electron chi connectivity index (χ3n) is 3.77. The van der Waals surface area contributed by atoms with Crippen LogP contribution in [0.3, 0.4) is 0 Å². The molecule has 2 heterocycles. The Hall–Kier alpha value is -0.555. The van der Waals surface area contributed by atoms with Crippen molar-refractivity contribution in [3.05, 3.63) is 28.7 Å². The summed E-state index contributed by atoms with van der Waals surface area (Å²) in [6, 6.07) is 0. The second-order valence-corrected chi connectivity index (χ2v) is 6.41. The molecule has 4 nitrogen and oxygen atoms in total. The van der Waals surface area contributed by atoms with Crippen molar-refractivity contribution < 1.29 is 9.31 Å². The summed E-state index contributed by atoms with van der Waals surface area (Å²) in [6.07, 6.45) is 4.94. The Morgan fingerprint density at radius 3 is 2.45 bits per heavy atom. The molecule has 0 spiro atoms. The van der Waals surface area contributed by atoms with E-state index in [0.717, 1.165) is 11.0 Å². The fourth-order valence-corrected chi connectivity index (χ4v) is 2.19. The first-order valence-corrected chi connectivity index (χ1v) is 7.40. The molecule has 1 fully saturated rings. The molecule has 0 atom stereocenters. The molecule has 1 aromatic heterocycles. The third kappa shape index (κ3) is 3.03. The van der Waals surface area contributed by atoms with Gasteiger partial charge in [0.15, 0.2) is 0 Å². The van der Waals surface area contributed by atoms with Crippen LogP contribution in [0.5, 0.6) is 0 Å². The molecule has 0 unspecified atom stereocenters. The maximum absolute atomic E-state index is 6.04. The minimum atomic E-state index is -0.436. The second-order valence-electron chi connectivity index (χ2n) is 5.73. The number of halogens is 1. The maximum atomic E-state index is 6.04. The zero-order chi connectivity index (χ0) is 15.0. The Morgan fingerprint density at radius 1 is 1.35 bits per heavy atom. The SMILES string of the molecule is CC1(C)OB(C(=Cc2cncnc2Cl)CS)OC1(C)C. The minimum Gasteiger partial charge on any atom is -0.400 e. The van der Waals surface area contributed by atoms with Gasteiger partial charge in [-0.05, 0) is 33.2 Å². The van der Waals surface area contributed by atoms with Crippen LogP contribution in [0, 0.1) is 0 Å². The average molecular weight is 313 g/mol. The number of hydrogen-bond donors (Lipinski definition) is 1. The van der Waals surface area contributed by atoms with E-state index in [1.54, 1.807) is 6.20 Å². The van der Waals surface area contributed by atoms with Gasteiger partial charge in [0.2, 0.25) is 0 Å². The Balaban J connectivity index is 2.29. The molecule has 0 amide bonds. The molecule has 2 rings (SSSR count). The molecule has 20 heavy (non-hydrogen) atoms. The maximum Gasteiger partial charge on any atom is 0.491 e. The summed E-state index contributed by atoms with van der Waals surface area (Å²) in [4.78, 5) is 7.92. The largest absolute Gasteiger partial charge is 0.491 e. The van der Waals surface area contributed by atoms with Crippen LogP contribution >= 0.6 is 24.2 Å². The summed E-state index contributed by atoms with van der Waals surface area (Å²) < 4.78 is 12.0. The highest BCUT2D eigenvalue weighted by atomic mass is 35.5. The van der Waals surface area contributed by atoms with Crippen molar-refractivity contribution >= 4 is 37.4 Å². The van der Waals surface area contributed by atoms with E-state index in [1.165, 1.54) is 6.33 Å². The lowest BCUT2D eigenvalue weighted by molar-refractivity contribution is 0.00578. The van der Waals surface area contributed by atoms with E-state index in [0.29, 0.717) is 10.9 Å². The summed E-state index contributed by atoms with van der Waals surface area (Å²) in [5, 5.41) is 0.399. The Labute approximate surface area is 130 Å². The van der Waals surface area contributed by atoms with E-state index in [2.05, 4.69) is 22.6 Å². The molecule has 7 heteroatoms. The molecular formula is C13H18BClN2O2S. The highest BCUT2D eigenvalue weighted by Crippen LogP contribution is 2.39. The molecule has 1 aliphatic heterocycles. The van der Waals surface area contributed by atoms with Crippen molar-refractivity contribution in [1.29, 1.82) is 0 Å². The fraction of sp³-hybridized carbons (Fsp3) is 0.538. The highest BCUT2D eigenvalue weighted by Gasteiger charge is 2.52. The van der Waals surface area contributed by atoms with E-state index in [4.69, 9.17) is 20.9 Å². The Morgan fingerprint density at radius 2 is 1.95 bits per heavy atom. The summed E-state index contributed by atoms with van der Waals surface area (Å²) in [7, 11) is -0.436. The van der Waals surface area contributed by atoms with Gasteiger partial charge in [-0.2, -0.15) is 12.6 Å². The van der Waals surface area contributed by atoms with Crippen molar-refractivity contribution in [2.45, 2.75) is 38.9 Å². The van der Waals surface area contributed by atoms with E-state index >= 15 is 0 Å². The van der Waals surface area contributed by atoms with E-state index in [-0.39, 0.29) is 11.2 Å². The van der Waals surface area contributed by atoms with Crippen molar-refractivity contribution in [2.75, 3.05) is 5.75 Å². The van der Waals surface area contributed by atoms with Gasteiger partial charge in [-0.25, -0.2) is 9.97 Å². The van der Waals surface area contributed by atoms with Crippen LogP contribution in [0.1, 0.15) is 33.3 Å². The molecule has 0 aliphatic carbocycles. The molecule has 0 radical (unpaired) electrons. The topological polar surface area (TPSA) is 44.2 Å². The van der Waals surface area contributed by atoms with E-state index in [1.807, 2.05) is 33.8 Å². The van der Waals surface area contributed by atoms with Gasteiger partial charge < -0.3 is 9.31 Å². The van der Waals surface area contributed by atoms with Crippen LogP contribution in [0.2, 0.25) is 5.15 Å². The average Bonchev–Trinajstić information content (AvgIpc) is 2.57. The lowest BCUT2D eigenvalue weighted by atomic mass is 9.78. The van der Waals surface area contributed by atoms with Crippen LogP contribution < -0.4 is 0 Å². The first kappa shape index (κ1) is 15.8. The van der Waals surface area contributed by atoms with Gasteiger partial charge in [0.25, 0.3) is 0 Å². The predicted octanol–water partition coefficient (Wildman–Crippen LogP) is 3.07. The first-order chi connectivity index (χ1) is 9.27. The summed E-state index contributed by atoms with van der Waals surface area (Å²) in [5.41, 5.74) is 0.865. The first-order valence-electron chi connectivity index (χ1n) is 6.39. The lowest BCUT2D eigenvalue weighted by Gasteiger charge is -2.32. The normalized spacial score (nSPS) is 21.3. The molecule has 0 bridgehead atoms. The van der Waals surface area contributed by atoms with Crippen LogP contribution in [-0.2, 0) is 9.31 Å². The number of thiol groups is 1. The smallest absolute Gasteiger partial charge is 0.400 e. The summed E-state index contributed by atoms with van der Waals surface area (Å²) >= 11 is 10.4. The van der Waals surface area contributed by atoms with Crippen molar-refractivity contribution in [2.24, 2.45) is 0 Å². The number of nitrogens with zero attached hydrogens (tertiary/aromatic N) is 2. The molecule has 1 aromatic rings. The lowest BCUT2D eigenvalue weighted by Crippen LogP contribution is -2.41. The van der Waals surface area contributed by atoms with Gasteiger partial charge >= 0.3 is 7.12 Å².